The molecule has 1 atom stereocenters. The molecule has 1 fully saturated rings. The van der Waals surface area contributed by atoms with Crippen LogP contribution >= 0.6 is 27.3 Å². The summed E-state index contributed by atoms with van der Waals surface area (Å²) in [4.78, 5) is 20.9. The Bertz CT molecular complexity index is 927. The first-order chi connectivity index (χ1) is 12.8. The van der Waals surface area contributed by atoms with Gasteiger partial charge in [-0.15, -0.1) is 11.3 Å². The predicted octanol–water partition coefficient (Wildman–Crippen LogP) is 2.46. The van der Waals surface area contributed by atoms with Crippen LogP contribution in [-0.4, -0.2) is 41.7 Å². The number of carbonyl (C=O) groups is 1. The number of amides is 1. The second-order valence-corrected chi connectivity index (χ2v) is 11.0. The van der Waals surface area contributed by atoms with Gasteiger partial charge >= 0.3 is 0 Å². The molecule has 0 bridgehead atoms. The number of nitrogens with one attached hydrogen (secondary N) is 2. The van der Waals surface area contributed by atoms with Gasteiger partial charge in [-0.1, -0.05) is 0 Å². The fourth-order valence-corrected chi connectivity index (χ4v) is 6.63. The molecule has 0 aromatic carbocycles. The molecule has 0 spiro atoms. The van der Waals surface area contributed by atoms with Crippen LogP contribution in [0.1, 0.15) is 24.2 Å². The summed E-state index contributed by atoms with van der Waals surface area (Å²) in [5.74, 6) is -0.398. The number of sulfonamides is 1. The van der Waals surface area contributed by atoms with Gasteiger partial charge in [-0.05, 0) is 60.8 Å². The van der Waals surface area contributed by atoms with E-state index in [9.17, 15) is 13.2 Å². The summed E-state index contributed by atoms with van der Waals surface area (Å²) < 4.78 is 28.0. The minimum atomic E-state index is -3.59. The molecular formula is C16H20BrN5O3S2. The van der Waals surface area contributed by atoms with Gasteiger partial charge in [-0.3, -0.25) is 15.6 Å². The normalized spacial score (nSPS) is 18.3. The Morgan fingerprint density at radius 1 is 1.30 bits per heavy atom. The van der Waals surface area contributed by atoms with E-state index in [2.05, 4.69) is 36.7 Å². The monoisotopic (exact) mass is 473 g/mol. The van der Waals surface area contributed by atoms with E-state index in [0.717, 1.165) is 15.2 Å². The molecule has 3 heterocycles. The zero-order valence-corrected chi connectivity index (χ0v) is 18.1. The number of anilines is 1. The summed E-state index contributed by atoms with van der Waals surface area (Å²) >= 11 is 4.45. The van der Waals surface area contributed by atoms with Crippen LogP contribution < -0.4 is 10.9 Å². The SMILES string of the molecule is Cc1cc(C)nc(NNC(=O)C2CCCN(S(=O)(=O)c3ccc(Br)s3)C2)n1. The molecule has 3 rings (SSSR count). The molecule has 11 heteroatoms. The van der Waals surface area contributed by atoms with Crippen molar-refractivity contribution < 1.29 is 13.2 Å². The van der Waals surface area contributed by atoms with E-state index in [4.69, 9.17) is 0 Å². The number of thiophene rings is 1. The Balaban J connectivity index is 1.64. The summed E-state index contributed by atoms with van der Waals surface area (Å²) in [6.45, 7) is 4.25. The predicted molar refractivity (Wildman–Crippen MR) is 107 cm³/mol. The maximum Gasteiger partial charge on any atom is 0.252 e. The van der Waals surface area contributed by atoms with Crippen LogP contribution in [-0.2, 0) is 14.8 Å². The number of nitrogens with zero attached hydrogens (tertiary/aromatic N) is 3. The molecule has 8 nitrogen and oxygen atoms in total. The molecule has 146 valence electrons. The summed E-state index contributed by atoms with van der Waals surface area (Å²) in [5, 5.41) is 0. The van der Waals surface area contributed by atoms with Gasteiger partial charge in [0.2, 0.25) is 11.9 Å². The van der Waals surface area contributed by atoms with Gasteiger partial charge in [0.15, 0.2) is 0 Å². The zero-order chi connectivity index (χ0) is 19.6. The molecule has 2 N–H and O–H groups in total. The molecule has 0 saturated carbocycles. The smallest absolute Gasteiger partial charge is 0.252 e. The first-order valence-electron chi connectivity index (χ1n) is 8.39. The van der Waals surface area contributed by atoms with E-state index in [1.807, 2.05) is 19.9 Å². The Hall–Kier alpha value is -1.56. The van der Waals surface area contributed by atoms with Gasteiger partial charge < -0.3 is 0 Å². The highest BCUT2D eigenvalue weighted by Crippen LogP contribution is 2.30. The maximum absolute atomic E-state index is 12.8. The zero-order valence-electron chi connectivity index (χ0n) is 14.9. The van der Waals surface area contributed by atoms with Crippen molar-refractivity contribution in [2.45, 2.75) is 30.9 Å². The minimum absolute atomic E-state index is 0.152. The van der Waals surface area contributed by atoms with Crippen molar-refractivity contribution in [3.05, 3.63) is 33.4 Å². The van der Waals surface area contributed by atoms with E-state index >= 15 is 0 Å². The number of piperidine rings is 1. The first kappa shape index (κ1) is 20.2. The molecular weight excluding hydrogens is 454 g/mol. The van der Waals surface area contributed by atoms with E-state index in [-0.39, 0.29) is 16.7 Å². The molecule has 1 saturated heterocycles. The van der Waals surface area contributed by atoms with E-state index in [1.54, 1.807) is 12.1 Å². The number of rotatable bonds is 5. The fourth-order valence-electron chi connectivity index (χ4n) is 2.94. The van der Waals surface area contributed by atoms with Gasteiger partial charge in [0, 0.05) is 24.5 Å². The largest absolute Gasteiger partial charge is 0.273 e. The molecule has 27 heavy (non-hydrogen) atoms. The average molecular weight is 474 g/mol. The third-order valence-electron chi connectivity index (χ3n) is 4.18. The van der Waals surface area contributed by atoms with Gasteiger partial charge in [0.25, 0.3) is 10.0 Å². The maximum atomic E-state index is 12.8. The Kier molecular flexibility index (Phi) is 6.14. The van der Waals surface area contributed by atoms with E-state index in [1.165, 1.54) is 15.6 Å². The lowest BCUT2D eigenvalue weighted by Gasteiger charge is -2.30. The molecule has 2 aromatic heterocycles. The third-order valence-corrected chi connectivity index (χ3v) is 8.13. The van der Waals surface area contributed by atoms with Gasteiger partial charge in [0.1, 0.15) is 4.21 Å². The van der Waals surface area contributed by atoms with Crippen molar-refractivity contribution in [3.63, 3.8) is 0 Å². The highest BCUT2D eigenvalue weighted by atomic mass is 79.9. The Labute approximate surface area is 170 Å². The molecule has 1 aliphatic rings. The lowest BCUT2D eigenvalue weighted by molar-refractivity contribution is -0.125. The number of carbonyl (C=O) groups excluding carboxylic acids is 1. The molecule has 2 aromatic rings. The average Bonchev–Trinajstić information content (AvgIpc) is 3.06. The number of hydrazine groups is 1. The summed E-state index contributed by atoms with van der Waals surface area (Å²) in [5.41, 5.74) is 6.89. The highest BCUT2D eigenvalue weighted by Gasteiger charge is 2.34. The fraction of sp³-hybridized carbons (Fsp3) is 0.438. The van der Waals surface area contributed by atoms with E-state index in [0.29, 0.717) is 25.3 Å². The second-order valence-electron chi connectivity index (χ2n) is 6.35. The van der Waals surface area contributed by atoms with Crippen LogP contribution in [0, 0.1) is 19.8 Å². The van der Waals surface area contributed by atoms with Crippen LogP contribution in [0.15, 0.2) is 26.2 Å². The third kappa shape index (κ3) is 4.84. The quantitative estimate of drug-likeness (QED) is 0.646. The molecule has 1 unspecified atom stereocenters. The van der Waals surface area contributed by atoms with Crippen molar-refractivity contribution in [2.24, 2.45) is 5.92 Å². The lowest BCUT2D eigenvalue weighted by Crippen LogP contribution is -2.46. The Morgan fingerprint density at radius 3 is 2.63 bits per heavy atom. The van der Waals surface area contributed by atoms with E-state index < -0.39 is 15.9 Å². The highest BCUT2D eigenvalue weighted by molar-refractivity contribution is 9.11. The van der Waals surface area contributed by atoms with Crippen LogP contribution in [0.25, 0.3) is 0 Å². The van der Waals surface area contributed by atoms with Crippen molar-refractivity contribution in [2.75, 3.05) is 18.5 Å². The van der Waals surface area contributed by atoms with Crippen LogP contribution in [0.5, 0.6) is 0 Å². The number of aromatic nitrogens is 2. The number of halogens is 1. The number of aryl methyl sites for hydroxylation is 2. The summed E-state index contributed by atoms with van der Waals surface area (Å²) in [7, 11) is -3.59. The summed E-state index contributed by atoms with van der Waals surface area (Å²) in [6, 6.07) is 5.12. The molecule has 0 radical (unpaired) electrons. The molecule has 1 aliphatic heterocycles. The van der Waals surface area contributed by atoms with Crippen molar-refractivity contribution in [1.29, 1.82) is 0 Å². The second kappa shape index (κ2) is 8.21. The molecule has 0 aliphatic carbocycles. The minimum Gasteiger partial charge on any atom is -0.273 e. The standard InChI is InChI=1S/C16H20BrN5O3S2/c1-10-8-11(2)19-16(18-10)21-20-15(23)12-4-3-7-22(9-12)27(24,25)14-6-5-13(17)26-14/h5-6,8,12H,3-4,7,9H2,1-2H3,(H,20,23)(H,18,19,21). The van der Waals surface area contributed by atoms with Gasteiger partial charge in [-0.25, -0.2) is 18.4 Å². The lowest BCUT2D eigenvalue weighted by atomic mass is 9.99. The van der Waals surface area contributed by atoms with Crippen LogP contribution in [0.3, 0.4) is 0 Å². The van der Waals surface area contributed by atoms with Crippen molar-refractivity contribution >= 4 is 49.1 Å². The Morgan fingerprint density at radius 2 is 2.00 bits per heavy atom. The summed E-state index contributed by atoms with van der Waals surface area (Å²) in [6.07, 6.45) is 1.26. The van der Waals surface area contributed by atoms with Crippen molar-refractivity contribution in [1.82, 2.24) is 19.7 Å². The first-order valence-corrected chi connectivity index (χ1v) is 11.4. The van der Waals surface area contributed by atoms with Crippen molar-refractivity contribution in [3.8, 4) is 0 Å². The number of hydrogen-bond acceptors (Lipinski definition) is 7. The molecule has 1 amide bonds. The van der Waals surface area contributed by atoms with Crippen LogP contribution in [0.2, 0.25) is 0 Å². The van der Waals surface area contributed by atoms with Crippen LogP contribution in [0.4, 0.5) is 5.95 Å². The topological polar surface area (TPSA) is 104 Å². The van der Waals surface area contributed by atoms with Gasteiger partial charge in [0.05, 0.1) is 9.70 Å². The number of hydrogen-bond donors (Lipinski definition) is 2. The van der Waals surface area contributed by atoms with Gasteiger partial charge in [-0.2, -0.15) is 4.31 Å².